The predicted molar refractivity (Wildman–Crippen MR) is 146 cm³/mol. The molecule has 38 heavy (non-hydrogen) atoms. The normalized spacial score (nSPS) is 27.8. The minimum Gasteiger partial charge on any atom is -0.508 e. The molecule has 2 aromatic rings. The average molecular weight is 520 g/mol. The number of hydrogen-bond acceptors (Lipinski definition) is 5. The number of carbonyl (C=O) groups is 2. The number of amides is 1. The Kier molecular flexibility index (Phi) is 7.80. The minimum atomic E-state index is -0.238. The highest BCUT2D eigenvalue weighted by Gasteiger charge is 2.57. The molecule has 3 aliphatic carbocycles. The van der Waals surface area contributed by atoms with Crippen molar-refractivity contribution in [2.45, 2.75) is 77.0 Å². The second-order valence-corrected chi connectivity index (χ2v) is 11.7. The molecular weight excluding hydrogens is 478 g/mol. The van der Waals surface area contributed by atoms with E-state index in [-0.39, 0.29) is 17.2 Å². The molecule has 0 aromatic heterocycles. The van der Waals surface area contributed by atoms with E-state index in [1.54, 1.807) is 7.05 Å². The lowest BCUT2D eigenvalue weighted by Crippen LogP contribution is -2.45. The van der Waals surface area contributed by atoms with Gasteiger partial charge < -0.3 is 9.84 Å². The van der Waals surface area contributed by atoms with E-state index in [1.807, 2.05) is 12.1 Å². The molecule has 3 aliphatic rings. The van der Waals surface area contributed by atoms with Crippen LogP contribution in [-0.2, 0) is 20.8 Å². The second-order valence-electron chi connectivity index (χ2n) is 11.7. The van der Waals surface area contributed by atoms with E-state index in [4.69, 9.17) is 9.57 Å². The Morgan fingerprint density at radius 2 is 1.82 bits per heavy atom. The third-order valence-electron chi connectivity index (χ3n) is 9.52. The zero-order valence-corrected chi connectivity index (χ0v) is 22.9. The van der Waals surface area contributed by atoms with Gasteiger partial charge in [-0.3, -0.25) is 14.4 Å². The first-order chi connectivity index (χ1) is 18.3. The first kappa shape index (κ1) is 26.7. The van der Waals surface area contributed by atoms with Gasteiger partial charge in [-0.2, -0.15) is 0 Å². The zero-order valence-electron chi connectivity index (χ0n) is 22.9. The van der Waals surface area contributed by atoms with Crippen molar-refractivity contribution >= 4 is 11.7 Å². The molecule has 3 unspecified atom stereocenters. The van der Waals surface area contributed by atoms with Gasteiger partial charge in [0.05, 0.1) is 13.2 Å². The smallest absolute Gasteiger partial charge is 0.242 e. The molecule has 0 saturated heterocycles. The summed E-state index contributed by atoms with van der Waals surface area (Å²) in [6.07, 6.45) is 7.45. The van der Waals surface area contributed by atoms with Crippen LogP contribution in [0.5, 0.6) is 11.5 Å². The number of ketones is 1. The number of unbranched alkanes of at least 4 members (excludes halogenated alkanes) is 2. The number of ether oxygens (including phenoxy) is 1. The summed E-state index contributed by atoms with van der Waals surface area (Å²) in [5, 5.41) is 11.4. The number of fused-ring (bicyclic) bond motifs is 5. The highest BCUT2D eigenvalue weighted by Crippen LogP contribution is 2.64. The summed E-state index contributed by atoms with van der Waals surface area (Å²) in [6.45, 7) is 4.88. The molecule has 6 nitrogen and oxygen atoms in total. The van der Waals surface area contributed by atoms with Gasteiger partial charge in [-0.15, -0.1) is 0 Å². The number of benzene rings is 2. The van der Waals surface area contributed by atoms with E-state index in [2.05, 4.69) is 37.3 Å². The van der Waals surface area contributed by atoms with E-state index in [1.165, 1.54) is 28.7 Å². The van der Waals surface area contributed by atoms with Crippen molar-refractivity contribution in [3.8, 4) is 11.5 Å². The summed E-state index contributed by atoms with van der Waals surface area (Å²) >= 11 is 0. The number of aromatic hydroxyl groups is 1. The van der Waals surface area contributed by atoms with E-state index in [9.17, 15) is 14.7 Å². The molecule has 2 fully saturated rings. The summed E-state index contributed by atoms with van der Waals surface area (Å²) in [5.74, 6) is 3.15. The Bertz CT molecular complexity index is 1160. The molecule has 0 spiro atoms. The van der Waals surface area contributed by atoms with Crippen LogP contribution in [0.1, 0.15) is 87.3 Å². The van der Waals surface area contributed by atoms with Crippen LogP contribution in [0.25, 0.3) is 0 Å². The predicted octanol–water partition coefficient (Wildman–Crippen LogP) is 6.17. The van der Waals surface area contributed by atoms with Crippen molar-refractivity contribution in [1.82, 2.24) is 5.06 Å². The maximum absolute atomic E-state index is 13.1. The first-order valence-electron chi connectivity index (χ1n) is 14.2. The largest absolute Gasteiger partial charge is 0.508 e. The van der Waals surface area contributed by atoms with Crippen LogP contribution in [-0.4, -0.2) is 42.1 Å². The molecule has 0 aliphatic heterocycles. The van der Waals surface area contributed by atoms with Crippen molar-refractivity contribution in [2.75, 3.05) is 20.3 Å². The number of nitrogens with zero attached hydrogens (tertiary/aromatic N) is 1. The first-order valence-corrected chi connectivity index (χ1v) is 14.2. The van der Waals surface area contributed by atoms with Crippen LogP contribution < -0.4 is 4.74 Å². The number of phenolic OH excluding ortho intramolecular Hbond substituents is 1. The molecule has 0 bridgehead atoms. The quantitative estimate of drug-likeness (QED) is 0.317. The number of carbonyl (C=O) groups excluding carboxylic acids is 2. The molecule has 5 atom stereocenters. The molecule has 204 valence electrons. The average Bonchev–Trinajstić information content (AvgIpc) is 3.21. The van der Waals surface area contributed by atoms with Gasteiger partial charge in [-0.05, 0) is 110 Å². The summed E-state index contributed by atoms with van der Waals surface area (Å²) in [6, 6.07) is 14.4. The summed E-state index contributed by atoms with van der Waals surface area (Å²) in [5.41, 5.74) is 3.67. The fourth-order valence-electron chi connectivity index (χ4n) is 7.47. The van der Waals surface area contributed by atoms with Gasteiger partial charge in [0.1, 0.15) is 17.3 Å². The monoisotopic (exact) mass is 519 g/mol. The molecule has 6 heteroatoms. The Morgan fingerprint density at radius 1 is 1.05 bits per heavy atom. The SMILES string of the molecule is CC(=O)N(C)OCCCCCOc1ccc([C@H]2C[C@]3(C)C(=O)CCC3C3CCc4cc(O)ccc4C32)cc1. The Labute approximate surface area is 226 Å². The van der Waals surface area contributed by atoms with Gasteiger partial charge in [-0.1, -0.05) is 25.1 Å². The fourth-order valence-corrected chi connectivity index (χ4v) is 7.47. The lowest BCUT2D eigenvalue weighted by Gasteiger charge is -2.52. The highest BCUT2D eigenvalue weighted by molar-refractivity contribution is 5.87. The van der Waals surface area contributed by atoms with Crippen molar-refractivity contribution < 1.29 is 24.3 Å². The topological polar surface area (TPSA) is 76.1 Å². The molecule has 0 heterocycles. The minimum absolute atomic E-state index is 0.101. The molecule has 0 radical (unpaired) electrons. The molecule has 1 N–H and O–H groups in total. The number of phenols is 1. The molecule has 2 aromatic carbocycles. The molecule has 1 amide bonds. The van der Waals surface area contributed by atoms with Gasteiger partial charge >= 0.3 is 0 Å². The number of hydrogen-bond donors (Lipinski definition) is 1. The molecular formula is C32H41NO5. The molecule has 5 rings (SSSR count). The van der Waals surface area contributed by atoms with E-state index >= 15 is 0 Å². The lowest BCUT2D eigenvalue weighted by atomic mass is 9.51. The van der Waals surface area contributed by atoms with Crippen LogP contribution in [0.4, 0.5) is 0 Å². The van der Waals surface area contributed by atoms with Gasteiger partial charge in [0, 0.05) is 25.8 Å². The number of aryl methyl sites for hydroxylation is 1. The van der Waals surface area contributed by atoms with Crippen LogP contribution in [0.2, 0.25) is 0 Å². The second kappa shape index (κ2) is 11.1. The van der Waals surface area contributed by atoms with Crippen LogP contribution in [0.15, 0.2) is 42.5 Å². The summed E-state index contributed by atoms with van der Waals surface area (Å²) in [7, 11) is 1.63. The number of hydroxylamine groups is 2. The van der Waals surface area contributed by atoms with Crippen molar-refractivity contribution in [1.29, 1.82) is 0 Å². The summed E-state index contributed by atoms with van der Waals surface area (Å²) < 4.78 is 6.01. The van der Waals surface area contributed by atoms with Gasteiger partial charge in [0.25, 0.3) is 0 Å². The van der Waals surface area contributed by atoms with Crippen molar-refractivity contribution in [3.63, 3.8) is 0 Å². The zero-order chi connectivity index (χ0) is 26.9. The van der Waals surface area contributed by atoms with Gasteiger partial charge in [-0.25, -0.2) is 5.06 Å². The Hall–Kier alpha value is -2.86. The fraction of sp³-hybridized carbons (Fsp3) is 0.562. The van der Waals surface area contributed by atoms with Crippen molar-refractivity contribution in [3.05, 3.63) is 59.2 Å². The number of Topliss-reactive ketones (excluding diaryl/α,β-unsaturated/α-hetero) is 1. The van der Waals surface area contributed by atoms with Gasteiger partial charge in [0.2, 0.25) is 5.91 Å². The van der Waals surface area contributed by atoms with Crippen molar-refractivity contribution in [2.24, 2.45) is 17.3 Å². The molecule has 2 saturated carbocycles. The highest BCUT2D eigenvalue weighted by atomic mass is 16.7. The maximum atomic E-state index is 13.1. The lowest BCUT2D eigenvalue weighted by molar-refractivity contribution is -0.176. The Morgan fingerprint density at radius 3 is 2.58 bits per heavy atom. The van der Waals surface area contributed by atoms with Crippen LogP contribution >= 0.6 is 0 Å². The standard InChI is InChI=1S/C32H41NO5/c1-21(34)33(3)38-18-6-4-5-17-37-25-11-7-22(8-12-25)28-20-32(2)29(15-16-30(32)36)27-13-9-23-19-24(35)10-14-26(23)31(27)28/h7-8,10-12,14,19,27-29,31,35H,4-6,9,13,15-18,20H2,1-3H3/t27?,28-,29?,31?,32+/m1/s1. The maximum Gasteiger partial charge on any atom is 0.242 e. The van der Waals surface area contributed by atoms with Gasteiger partial charge in [0.15, 0.2) is 0 Å². The third-order valence-corrected chi connectivity index (χ3v) is 9.52. The summed E-state index contributed by atoms with van der Waals surface area (Å²) in [4.78, 5) is 29.6. The third kappa shape index (κ3) is 5.20. The van der Waals surface area contributed by atoms with E-state index < -0.39 is 0 Å². The Balaban J connectivity index is 1.25. The van der Waals surface area contributed by atoms with Crippen LogP contribution in [0.3, 0.4) is 0 Å². The van der Waals surface area contributed by atoms with Crippen LogP contribution in [0, 0.1) is 17.3 Å². The van der Waals surface area contributed by atoms with E-state index in [0.717, 1.165) is 50.7 Å². The van der Waals surface area contributed by atoms with E-state index in [0.29, 0.717) is 48.9 Å². The number of rotatable bonds is 9.